The minimum atomic E-state index is 1.11. The Morgan fingerprint density at radius 3 is 2.11 bits per heavy atom. The monoisotopic (exact) mass is 181 g/mol. The summed E-state index contributed by atoms with van der Waals surface area (Å²) in [5.74, 6) is 0. The van der Waals surface area contributed by atoms with Gasteiger partial charge in [0.25, 0.3) is 0 Å². The van der Waals surface area contributed by atoms with Gasteiger partial charge in [0.2, 0.25) is 0 Å². The molecule has 0 amide bonds. The first kappa shape index (κ1) is 12.2. The molecule has 0 unspecified atom stereocenters. The summed E-state index contributed by atoms with van der Waals surface area (Å²) in [4.78, 5) is 0. The molecule has 0 fully saturated rings. The van der Waals surface area contributed by atoms with Crippen LogP contribution in [0.3, 0.4) is 0 Å². The number of unbranched alkanes of at least 4 members (excludes halogenated alkanes) is 4. The average molecular weight is 182 g/mol. The summed E-state index contributed by atoms with van der Waals surface area (Å²) in [5, 5.41) is 0. The Morgan fingerprint density at radius 2 is 1.78 bits per heavy atom. The van der Waals surface area contributed by atoms with Gasteiger partial charge in [0.15, 0.2) is 0 Å². The van der Waals surface area contributed by atoms with Crippen molar-refractivity contribution in [1.29, 1.82) is 0 Å². The molecular weight excluding hydrogens is 167 g/mol. The van der Waals surface area contributed by atoms with E-state index in [0.29, 0.717) is 0 Å². The average Bonchev–Trinajstić information content (AvgIpc) is 1.94. The Balaban J connectivity index is 0. The van der Waals surface area contributed by atoms with Crippen LogP contribution in [0, 0.1) is 6.92 Å². The summed E-state index contributed by atoms with van der Waals surface area (Å²) in [6, 6.07) is 0. The van der Waals surface area contributed by atoms with Crippen molar-refractivity contribution in [3.05, 3.63) is 6.92 Å². The van der Waals surface area contributed by atoms with Gasteiger partial charge in [-0.05, 0) is 0 Å². The van der Waals surface area contributed by atoms with E-state index < -0.39 is 0 Å². The quantitative estimate of drug-likeness (QED) is 0.355. The molecule has 0 heterocycles. The summed E-state index contributed by atoms with van der Waals surface area (Å²) in [5.41, 5.74) is 0. The fourth-order valence-electron chi connectivity index (χ4n) is 0.604. The first-order valence-electron chi connectivity index (χ1n) is 3.32. The zero-order valence-corrected chi connectivity index (χ0v) is 6.86. The van der Waals surface area contributed by atoms with Crippen LogP contribution in [0.15, 0.2) is 0 Å². The van der Waals surface area contributed by atoms with Crippen molar-refractivity contribution in [2.24, 2.45) is 0 Å². The van der Waals surface area contributed by atoms with Gasteiger partial charge in [-0.3, -0.25) is 0 Å². The van der Waals surface area contributed by atoms with Crippen LogP contribution >= 0.6 is 0 Å². The second-order valence-electron chi connectivity index (χ2n) is 1.91. The molecule has 0 aliphatic carbocycles. The van der Waals surface area contributed by atoms with E-state index in [2.05, 4.69) is 30.3 Å². The summed E-state index contributed by atoms with van der Waals surface area (Å²) in [6.07, 6.45) is 6.52. The van der Waals surface area contributed by atoms with Crippen molar-refractivity contribution >= 4 is 0 Å². The van der Waals surface area contributed by atoms with Gasteiger partial charge in [0, 0.05) is 0 Å². The van der Waals surface area contributed by atoms with Gasteiger partial charge < -0.3 is 6.92 Å². The first-order valence-corrected chi connectivity index (χ1v) is 3.68. The first-order chi connectivity index (χ1) is 4.41. The number of halogens is 1. The maximum absolute atomic E-state index is 9.06. The maximum atomic E-state index is 9.06. The van der Waals surface area contributed by atoms with E-state index >= 15 is 0 Å². The number of hydrogen-bond donors (Lipinski definition) is 0. The van der Waals surface area contributed by atoms with Crippen molar-refractivity contribution in [3.63, 3.8) is 0 Å². The third-order valence-electron chi connectivity index (χ3n) is 1.10. The van der Waals surface area contributed by atoms with Crippen LogP contribution < -0.4 is 0 Å². The molecule has 0 aliphatic rings. The third kappa shape index (κ3) is 17.8. The molecule has 0 aliphatic heterocycles. The van der Waals surface area contributed by atoms with Crippen LogP contribution in [0.2, 0.25) is 0 Å². The normalized spacial score (nSPS) is 8.11. The summed E-state index contributed by atoms with van der Waals surface area (Å²) < 4.78 is 9.06. The van der Waals surface area contributed by atoms with E-state index in [1.165, 1.54) is 25.7 Å². The van der Waals surface area contributed by atoms with Crippen molar-refractivity contribution in [1.82, 2.24) is 0 Å². The van der Waals surface area contributed by atoms with Gasteiger partial charge in [-0.25, -0.2) is 0 Å². The van der Waals surface area contributed by atoms with Crippen LogP contribution in [0.4, 0.5) is 3.55 Å². The van der Waals surface area contributed by atoms with Gasteiger partial charge in [0.05, 0.1) is 0 Å². The van der Waals surface area contributed by atoms with Crippen molar-refractivity contribution in [3.8, 4) is 0 Å². The summed E-state index contributed by atoms with van der Waals surface area (Å²) in [6.45, 7) is 5.98. The van der Waals surface area contributed by atoms with Crippen molar-refractivity contribution in [2.45, 2.75) is 39.0 Å². The molecule has 0 aromatic rings. The van der Waals surface area contributed by atoms with E-state index in [0.717, 1.165) is 6.42 Å². The van der Waals surface area contributed by atoms with Crippen LogP contribution in [0.25, 0.3) is 0 Å². The second kappa shape index (κ2) is 15.8. The second-order valence-corrected chi connectivity index (χ2v) is 1.91. The standard InChI is InChI=1S/C7H15.Cu.FH/c1-3-5-7-6-4-2;;/h1,3-7H2,2H3;;1H/q-1;+2;/p-1. The fraction of sp³-hybridized carbons (Fsp3) is 0.857. The summed E-state index contributed by atoms with van der Waals surface area (Å²) >= 11 is 2.69. The molecule has 0 spiro atoms. The van der Waals surface area contributed by atoms with Crippen molar-refractivity contribution in [2.75, 3.05) is 0 Å². The Labute approximate surface area is 66.5 Å². The summed E-state index contributed by atoms with van der Waals surface area (Å²) in [7, 11) is 0. The van der Waals surface area contributed by atoms with E-state index in [9.17, 15) is 0 Å². The van der Waals surface area contributed by atoms with Gasteiger partial charge in [-0.15, -0.1) is 0 Å². The van der Waals surface area contributed by atoms with Gasteiger partial charge in [-0.1, -0.05) is 32.6 Å². The molecule has 2 heteroatoms. The van der Waals surface area contributed by atoms with E-state index in [-0.39, 0.29) is 0 Å². The molecule has 9 heavy (non-hydrogen) atoms. The Hall–Kier alpha value is 0.449. The topological polar surface area (TPSA) is 0 Å². The van der Waals surface area contributed by atoms with E-state index in [4.69, 9.17) is 3.55 Å². The molecule has 0 saturated heterocycles. The minimum absolute atomic E-state index is 1.11. The molecule has 0 aromatic carbocycles. The Morgan fingerprint density at radius 1 is 1.22 bits per heavy atom. The van der Waals surface area contributed by atoms with Gasteiger partial charge in [-0.2, -0.15) is 6.42 Å². The van der Waals surface area contributed by atoms with E-state index in [1.807, 2.05) is 0 Å². The number of hydrogen-bond acceptors (Lipinski definition) is 0. The van der Waals surface area contributed by atoms with Crippen molar-refractivity contribution < 1.29 is 20.0 Å². The van der Waals surface area contributed by atoms with Crippen LogP contribution in [0.5, 0.6) is 0 Å². The molecule has 0 radical (unpaired) electrons. The molecule has 0 atom stereocenters. The predicted molar refractivity (Wildman–Crippen MR) is 35.2 cm³/mol. The Kier molecular flexibility index (Phi) is 21.3. The zero-order chi connectivity index (χ0) is 7.54. The third-order valence-corrected chi connectivity index (χ3v) is 1.10. The molecule has 0 nitrogen and oxygen atoms in total. The molecule has 61 valence electrons. The van der Waals surface area contributed by atoms with Gasteiger partial charge >= 0.3 is 20.0 Å². The van der Waals surface area contributed by atoms with Gasteiger partial charge in [0.1, 0.15) is 0 Å². The molecule has 0 rings (SSSR count). The van der Waals surface area contributed by atoms with Crippen LogP contribution in [0.1, 0.15) is 39.0 Å². The molecular formula is C7H15CuF. The molecule has 0 aromatic heterocycles. The molecule has 0 bridgehead atoms. The van der Waals surface area contributed by atoms with Crippen LogP contribution in [-0.2, 0) is 16.5 Å². The van der Waals surface area contributed by atoms with E-state index in [1.54, 1.807) is 0 Å². The fourth-order valence-corrected chi connectivity index (χ4v) is 0.604. The zero-order valence-electron chi connectivity index (χ0n) is 5.92. The SMILES string of the molecule is [CH2-]CCCCCC.[F][Cu+]. The predicted octanol–water partition coefficient (Wildman–Crippen LogP) is 3.21. The molecule has 0 N–H and O–H groups in total. The van der Waals surface area contributed by atoms with Crippen LogP contribution in [-0.4, -0.2) is 0 Å². The number of rotatable bonds is 4. The molecule has 0 saturated carbocycles. The Bertz CT molecular complexity index is 28.1.